The normalized spacial score (nSPS) is 21.1. The molecule has 1 aromatic carbocycles. The molecule has 1 fully saturated rings. The van der Waals surface area contributed by atoms with Crippen molar-refractivity contribution >= 4 is 27.6 Å². The minimum Gasteiger partial charge on any atom is -0.328 e. The molecule has 0 saturated heterocycles. The zero-order valence-corrected chi connectivity index (χ0v) is 9.02. The molecule has 2 amide bonds. The average Bonchev–Trinajstić information content (AvgIpc) is 2.84. The molecule has 3 rings (SSSR count). The van der Waals surface area contributed by atoms with Crippen molar-refractivity contribution in [1.82, 2.24) is 5.32 Å². The summed E-state index contributed by atoms with van der Waals surface area (Å²) in [5.74, 6) is 0. The summed E-state index contributed by atoms with van der Waals surface area (Å²) in [6, 6.07) is 5.94. The number of fused-ring (bicyclic) bond motifs is 2. The number of amides is 2. The first-order valence-electron chi connectivity index (χ1n) is 4.59. The van der Waals surface area contributed by atoms with E-state index in [1.165, 1.54) is 5.56 Å². The Kier molecular flexibility index (Phi) is 1.49. The van der Waals surface area contributed by atoms with Gasteiger partial charge in [-0.1, -0.05) is 22.0 Å². The van der Waals surface area contributed by atoms with E-state index in [-0.39, 0.29) is 11.6 Å². The SMILES string of the molecule is O=C1Nc2cc(Br)ccc2C2(CC2)N1. The number of carbonyl (C=O) groups is 1. The van der Waals surface area contributed by atoms with E-state index in [0.29, 0.717) is 0 Å². The predicted octanol–water partition coefficient (Wildman–Crippen LogP) is 2.57. The van der Waals surface area contributed by atoms with Crippen molar-refractivity contribution in [3.63, 3.8) is 0 Å². The second-order valence-corrected chi connectivity index (χ2v) is 4.77. The molecule has 0 aromatic heterocycles. The third kappa shape index (κ3) is 1.07. The third-order valence-electron chi connectivity index (χ3n) is 2.85. The van der Waals surface area contributed by atoms with E-state index in [4.69, 9.17) is 0 Å². The standard InChI is InChI=1S/C10H9BrN2O/c11-6-1-2-7-8(5-6)12-9(14)13-10(7)3-4-10/h1-2,5H,3-4H2,(H2,12,13,14). The van der Waals surface area contributed by atoms with Crippen molar-refractivity contribution in [2.24, 2.45) is 0 Å². The van der Waals surface area contributed by atoms with Crippen LogP contribution in [0.2, 0.25) is 0 Å². The summed E-state index contributed by atoms with van der Waals surface area (Å²) in [4.78, 5) is 11.4. The first-order chi connectivity index (χ1) is 6.70. The molecule has 1 aliphatic heterocycles. The zero-order chi connectivity index (χ0) is 9.76. The van der Waals surface area contributed by atoms with Crippen molar-refractivity contribution < 1.29 is 4.79 Å². The Morgan fingerprint density at radius 2 is 2.14 bits per heavy atom. The van der Waals surface area contributed by atoms with Crippen LogP contribution in [0.4, 0.5) is 10.5 Å². The van der Waals surface area contributed by atoms with Crippen molar-refractivity contribution in [1.29, 1.82) is 0 Å². The smallest absolute Gasteiger partial charge is 0.319 e. The lowest BCUT2D eigenvalue weighted by atomic mass is 10.0. The van der Waals surface area contributed by atoms with Crippen LogP contribution in [0, 0.1) is 0 Å². The highest BCUT2D eigenvalue weighted by atomic mass is 79.9. The fourth-order valence-corrected chi connectivity index (χ4v) is 2.36. The molecule has 72 valence electrons. The van der Waals surface area contributed by atoms with Crippen LogP contribution in [-0.4, -0.2) is 6.03 Å². The summed E-state index contributed by atoms with van der Waals surface area (Å²) < 4.78 is 0.995. The molecule has 1 heterocycles. The summed E-state index contributed by atoms with van der Waals surface area (Å²) >= 11 is 3.40. The van der Waals surface area contributed by atoms with Gasteiger partial charge in [-0.15, -0.1) is 0 Å². The zero-order valence-electron chi connectivity index (χ0n) is 7.43. The van der Waals surface area contributed by atoms with E-state index in [1.54, 1.807) is 0 Å². The van der Waals surface area contributed by atoms with Crippen molar-refractivity contribution in [3.05, 3.63) is 28.2 Å². The van der Waals surface area contributed by atoms with Crippen molar-refractivity contribution in [3.8, 4) is 0 Å². The van der Waals surface area contributed by atoms with Crippen LogP contribution in [0.1, 0.15) is 18.4 Å². The van der Waals surface area contributed by atoms with E-state index >= 15 is 0 Å². The van der Waals surface area contributed by atoms with Gasteiger partial charge in [0.25, 0.3) is 0 Å². The Labute approximate surface area is 90.0 Å². The quantitative estimate of drug-likeness (QED) is 0.733. The van der Waals surface area contributed by atoms with Crippen LogP contribution in [0.15, 0.2) is 22.7 Å². The van der Waals surface area contributed by atoms with Gasteiger partial charge in [0.05, 0.1) is 5.54 Å². The van der Waals surface area contributed by atoms with Gasteiger partial charge >= 0.3 is 6.03 Å². The predicted molar refractivity (Wildman–Crippen MR) is 57.2 cm³/mol. The van der Waals surface area contributed by atoms with Gasteiger partial charge in [-0.2, -0.15) is 0 Å². The summed E-state index contributed by atoms with van der Waals surface area (Å²) in [7, 11) is 0. The van der Waals surface area contributed by atoms with E-state index in [9.17, 15) is 4.79 Å². The molecule has 0 radical (unpaired) electrons. The number of carbonyl (C=O) groups excluding carboxylic acids is 1. The molecular weight excluding hydrogens is 244 g/mol. The van der Waals surface area contributed by atoms with Crippen LogP contribution >= 0.6 is 15.9 Å². The number of urea groups is 1. The lowest BCUT2D eigenvalue weighted by molar-refractivity contribution is 0.246. The molecule has 4 heteroatoms. The van der Waals surface area contributed by atoms with Crippen LogP contribution in [-0.2, 0) is 5.54 Å². The van der Waals surface area contributed by atoms with Gasteiger partial charge in [0.15, 0.2) is 0 Å². The van der Waals surface area contributed by atoms with Gasteiger partial charge in [-0.05, 0) is 25.0 Å². The molecule has 1 saturated carbocycles. The molecule has 0 unspecified atom stereocenters. The van der Waals surface area contributed by atoms with E-state index in [0.717, 1.165) is 23.0 Å². The molecular formula is C10H9BrN2O. The first-order valence-corrected chi connectivity index (χ1v) is 5.38. The van der Waals surface area contributed by atoms with Gasteiger partial charge in [0.1, 0.15) is 0 Å². The van der Waals surface area contributed by atoms with Crippen LogP contribution < -0.4 is 10.6 Å². The third-order valence-corrected chi connectivity index (χ3v) is 3.34. The molecule has 2 aliphatic rings. The highest BCUT2D eigenvalue weighted by Crippen LogP contribution is 2.50. The monoisotopic (exact) mass is 252 g/mol. The topological polar surface area (TPSA) is 41.1 Å². The van der Waals surface area contributed by atoms with Crippen LogP contribution in [0.5, 0.6) is 0 Å². The summed E-state index contributed by atoms with van der Waals surface area (Å²) in [5.41, 5.74) is 2.08. The van der Waals surface area contributed by atoms with Crippen molar-refractivity contribution in [2.75, 3.05) is 5.32 Å². The molecule has 14 heavy (non-hydrogen) atoms. The maximum absolute atomic E-state index is 11.4. The van der Waals surface area contributed by atoms with Gasteiger partial charge in [0.2, 0.25) is 0 Å². The average molecular weight is 253 g/mol. The Bertz CT molecular complexity index is 426. The summed E-state index contributed by atoms with van der Waals surface area (Å²) in [5, 5.41) is 5.79. The minimum atomic E-state index is -0.0897. The summed E-state index contributed by atoms with van der Waals surface area (Å²) in [6.45, 7) is 0. The van der Waals surface area contributed by atoms with E-state index in [2.05, 4.69) is 32.6 Å². The molecule has 0 bridgehead atoms. The maximum Gasteiger partial charge on any atom is 0.319 e. The van der Waals surface area contributed by atoms with Crippen LogP contribution in [0.3, 0.4) is 0 Å². The number of hydrogen-bond donors (Lipinski definition) is 2. The van der Waals surface area contributed by atoms with E-state index in [1.807, 2.05) is 12.1 Å². The van der Waals surface area contributed by atoms with Gasteiger partial charge in [-0.25, -0.2) is 4.79 Å². The Morgan fingerprint density at radius 1 is 1.36 bits per heavy atom. The largest absolute Gasteiger partial charge is 0.328 e. The minimum absolute atomic E-state index is 0.0572. The second-order valence-electron chi connectivity index (χ2n) is 3.85. The molecule has 3 nitrogen and oxygen atoms in total. The Morgan fingerprint density at radius 3 is 2.86 bits per heavy atom. The molecule has 2 N–H and O–H groups in total. The Balaban J connectivity index is 2.17. The number of nitrogens with one attached hydrogen (secondary N) is 2. The lowest BCUT2D eigenvalue weighted by Gasteiger charge is -2.27. The summed E-state index contributed by atoms with van der Waals surface area (Å²) in [6.07, 6.45) is 2.10. The first kappa shape index (κ1) is 8.29. The number of rotatable bonds is 0. The highest BCUT2D eigenvalue weighted by Gasteiger charge is 2.49. The van der Waals surface area contributed by atoms with Gasteiger partial charge in [-0.3, -0.25) is 0 Å². The number of hydrogen-bond acceptors (Lipinski definition) is 1. The van der Waals surface area contributed by atoms with Crippen molar-refractivity contribution in [2.45, 2.75) is 18.4 Å². The molecule has 1 aromatic rings. The lowest BCUT2D eigenvalue weighted by Crippen LogP contribution is -2.42. The highest BCUT2D eigenvalue weighted by molar-refractivity contribution is 9.10. The molecule has 1 aliphatic carbocycles. The molecule has 0 atom stereocenters. The fourth-order valence-electron chi connectivity index (χ4n) is 1.99. The Hall–Kier alpha value is -1.03. The molecule has 1 spiro atoms. The number of benzene rings is 1. The van der Waals surface area contributed by atoms with Gasteiger partial charge in [0, 0.05) is 15.7 Å². The maximum atomic E-state index is 11.4. The van der Waals surface area contributed by atoms with E-state index < -0.39 is 0 Å². The number of anilines is 1. The van der Waals surface area contributed by atoms with Gasteiger partial charge < -0.3 is 10.6 Å². The fraction of sp³-hybridized carbons (Fsp3) is 0.300. The number of halogens is 1. The van der Waals surface area contributed by atoms with Crippen LogP contribution in [0.25, 0.3) is 0 Å². The second kappa shape index (κ2) is 2.51.